The fourth-order valence-corrected chi connectivity index (χ4v) is 13.2. The smallest absolute Gasteiger partial charge is 0.414 e. The summed E-state index contributed by atoms with van der Waals surface area (Å²) >= 11 is 0. The first-order chi connectivity index (χ1) is 44.9. The molecule has 0 fully saturated rings. The summed E-state index contributed by atoms with van der Waals surface area (Å²) in [4.78, 5) is 77.7. The molecule has 98 heavy (non-hydrogen) atoms. The predicted octanol–water partition coefficient (Wildman–Crippen LogP) is 16.7. The third-order valence-corrected chi connectivity index (χ3v) is 26.4. The number of pyridine rings is 4. The van der Waals surface area contributed by atoms with Gasteiger partial charge in [0.15, 0.2) is 28.1 Å². The summed E-state index contributed by atoms with van der Waals surface area (Å²) in [5, 5.41) is 6.68. The zero-order valence-corrected chi connectivity index (χ0v) is 65.6. The van der Waals surface area contributed by atoms with Gasteiger partial charge in [-0.05, 0) is 183 Å². The van der Waals surface area contributed by atoms with Gasteiger partial charge in [0, 0.05) is 86.0 Å². The second-order valence-corrected chi connectivity index (χ2v) is 42.2. The van der Waals surface area contributed by atoms with Crippen LogP contribution in [0.1, 0.15) is 171 Å². The van der Waals surface area contributed by atoms with E-state index in [0.717, 1.165) is 33.4 Å². The summed E-state index contributed by atoms with van der Waals surface area (Å²) in [5.41, 5.74) is 5.31. The maximum absolute atomic E-state index is 13.4. The fourth-order valence-electron chi connectivity index (χ4n) is 10.5. The lowest BCUT2D eigenvalue weighted by molar-refractivity contribution is 0.0188. The minimum atomic E-state index is -2.23. The van der Waals surface area contributed by atoms with E-state index in [1.54, 1.807) is 36.0 Å². The largest absolute Gasteiger partial charge is 0.451 e. The van der Waals surface area contributed by atoms with Gasteiger partial charge in [-0.1, -0.05) is 53.7 Å². The maximum atomic E-state index is 13.4. The summed E-state index contributed by atoms with van der Waals surface area (Å²) in [7, 11) is -1.13. The third-order valence-electron chi connectivity index (χ3n) is 17.3. The van der Waals surface area contributed by atoms with Crippen LogP contribution in [0.5, 0.6) is 23.3 Å². The van der Waals surface area contributed by atoms with Crippen molar-refractivity contribution in [2.75, 3.05) is 74.3 Å². The number of aryl methyl sites for hydroxylation is 2. The number of fused-ring (bicyclic) bond motifs is 2. The van der Waals surface area contributed by atoms with Crippen LogP contribution < -0.4 is 39.4 Å². The van der Waals surface area contributed by atoms with Gasteiger partial charge in [0.1, 0.15) is 45.7 Å². The van der Waals surface area contributed by atoms with Crippen molar-refractivity contribution in [3.8, 4) is 23.3 Å². The Morgan fingerprint density at radius 2 is 0.816 bits per heavy atom. The van der Waals surface area contributed by atoms with Gasteiger partial charge in [0.25, 0.3) is 11.8 Å². The molecule has 0 aliphatic carbocycles. The van der Waals surface area contributed by atoms with Gasteiger partial charge in [0.05, 0.1) is 23.6 Å². The normalized spacial score (nSPS) is 16.9. The topological polar surface area (TPSA) is 249 Å². The van der Waals surface area contributed by atoms with E-state index in [1.165, 1.54) is 9.80 Å². The molecule has 540 valence electrons. The van der Waals surface area contributed by atoms with E-state index in [0.29, 0.717) is 108 Å². The summed E-state index contributed by atoms with van der Waals surface area (Å²) in [5.74, 6) is 3.86. The van der Waals surface area contributed by atoms with Gasteiger partial charge in [-0.2, -0.15) is 9.97 Å². The van der Waals surface area contributed by atoms with Crippen molar-refractivity contribution in [2.45, 2.75) is 236 Å². The summed E-state index contributed by atoms with van der Waals surface area (Å²) < 4.78 is 60.3. The number of carbonyl (C=O) groups is 4. The van der Waals surface area contributed by atoms with Gasteiger partial charge in [-0.25, -0.2) is 29.1 Å². The molecule has 2 unspecified atom stereocenters. The zero-order chi connectivity index (χ0) is 73.4. The first kappa shape index (κ1) is 77.7. The first-order valence-corrected chi connectivity index (χ1v) is 39.5. The molecule has 4 aromatic heterocycles. The highest BCUT2D eigenvalue weighted by Gasteiger charge is 2.44. The number of hydrogen-bond donors (Lipinski definition) is 2. The van der Waals surface area contributed by atoms with E-state index < -0.39 is 51.2 Å². The maximum Gasteiger partial charge on any atom is 0.414 e. The van der Waals surface area contributed by atoms with Crippen molar-refractivity contribution >= 4 is 86.8 Å². The minimum absolute atomic E-state index is 0.0287. The second-order valence-electron chi connectivity index (χ2n) is 32.7. The Morgan fingerprint density at radius 3 is 1.12 bits per heavy atom. The molecule has 2 atom stereocenters. The number of anilines is 6. The van der Waals surface area contributed by atoms with Crippen LogP contribution in [0.15, 0.2) is 36.4 Å². The molecule has 24 nitrogen and oxygen atoms in total. The van der Waals surface area contributed by atoms with Crippen LogP contribution in [0.4, 0.5) is 53.8 Å². The second kappa shape index (κ2) is 29.3. The summed E-state index contributed by atoms with van der Waals surface area (Å²) in [6.07, 6.45) is 2.89. The third kappa shape index (κ3) is 20.3. The minimum Gasteiger partial charge on any atom is -0.451 e. The highest BCUT2D eigenvalue weighted by atomic mass is 28.4. The molecule has 0 saturated carbocycles. The number of ether oxygens (including phenoxy) is 8. The molecule has 4 aliphatic rings. The Kier molecular flexibility index (Phi) is 23.2. The Bertz CT molecular complexity index is 3450. The van der Waals surface area contributed by atoms with Crippen LogP contribution >= 0.6 is 0 Å². The van der Waals surface area contributed by atoms with E-state index in [1.807, 2.05) is 135 Å². The highest BCUT2D eigenvalue weighted by molar-refractivity contribution is 6.74. The van der Waals surface area contributed by atoms with E-state index in [2.05, 4.69) is 88.3 Å². The lowest BCUT2D eigenvalue weighted by Gasteiger charge is -2.40. The quantitative estimate of drug-likeness (QED) is 0.0988. The van der Waals surface area contributed by atoms with E-state index in [4.69, 9.17) is 56.7 Å². The molecule has 0 radical (unpaired) electrons. The molecule has 26 heteroatoms. The van der Waals surface area contributed by atoms with E-state index in [9.17, 15) is 19.2 Å². The predicted molar refractivity (Wildman–Crippen MR) is 389 cm³/mol. The molecule has 4 aliphatic heterocycles. The molecule has 4 amide bonds. The van der Waals surface area contributed by atoms with Crippen LogP contribution in [-0.2, 0) is 27.8 Å². The highest BCUT2D eigenvalue weighted by Crippen LogP contribution is 2.48. The van der Waals surface area contributed by atoms with E-state index in [-0.39, 0.29) is 48.1 Å². The van der Waals surface area contributed by atoms with Crippen LogP contribution in [0.25, 0.3) is 11.1 Å². The molecule has 0 bridgehead atoms. The summed E-state index contributed by atoms with van der Waals surface area (Å²) in [6, 6.07) is 7.18. The van der Waals surface area contributed by atoms with Crippen molar-refractivity contribution in [1.82, 2.24) is 29.7 Å². The molecule has 0 saturated heterocycles. The Balaban J connectivity index is 0.000000276. The van der Waals surface area contributed by atoms with Crippen molar-refractivity contribution < 1.29 is 65.9 Å². The Morgan fingerprint density at radius 1 is 0.490 bits per heavy atom. The molecular weight excluding hydrogens is 1290 g/mol. The van der Waals surface area contributed by atoms with Gasteiger partial charge in [-0.3, -0.25) is 9.80 Å². The molecule has 8 heterocycles. The zero-order valence-electron chi connectivity index (χ0n) is 63.6. The molecule has 0 aromatic carbocycles. The Labute approximate surface area is 583 Å². The van der Waals surface area contributed by atoms with Crippen molar-refractivity contribution in [3.05, 3.63) is 70.1 Å². The molecular formula is C72H110N10O14Si2. The van der Waals surface area contributed by atoms with Crippen LogP contribution in [-0.4, -0.2) is 159 Å². The number of hydrogen-bond acceptors (Lipinski definition) is 20. The molecule has 0 spiro atoms. The average Bonchev–Trinajstić information content (AvgIpc) is 1.56. The Hall–Kier alpha value is -7.69. The number of nitrogens with one attached hydrogen (secondary N) is 2. The number of nitrogens with zero attached hydrogens (tertiary/aromatic N) is 8. The van der Waals surface area contributed by atoms with Crippen molar-refractivity contribution in [1.29, 1.82) is 0 Å². The number of amides is 4. The van der Waals surface area contributed by atoms with Gasteiger partial charge >= 0.3 is 24.4 Å². The van der Waals surface area contributed by atoms with Crippen LogP contribution in [0.3, 0.4) is 0 Å². The molecule has 8 rings (SSSR count). The number of rotatable bonds is 12. The molecule has 2 N–H and O–H groups in total. The van der Waals surface area contributed by atoms with Gasteiger partial charge in [0.2, 0.25) is 13.6 Å². The van der Waals surface area contributed by atoms with Crippen molar-refractivity contribution in [2.24, 2.45) is 0 Å². The lowest BCUT2D eigenvalue weighted by Crippen LogP contribution is -2.48. The van der Waals surface area contributed by atoms with E-state index >= 15 is 0 Å². The number of carbonyl (C=O) groups excluding carboxylic acids is 4. The number of aromatic nitrogens is 4. The van der Waals surface area contributed by atoms with Crippen LogP contribution in [0.2, 0.25) is 36.3 Å². The lowest BCUT2D eigenvalue weighted by atomic mass is 9.95. The average molecular weight is 1400 g/mol. The van der Waals surface area contributed by atoms with Crippen LogP contribution in [0, 0.1) is 27.7 Å². The molecule has 4 aromatic rings. The standard InChI is InChI=1S/2C36H55N5O7Si/c2*1-22-17-25(40(12)32(42)46-34(3,4)5)19-27(37-22)38-30-23(2)28(29-31(39-30)45-21-44-29)24-15-16-41(33(43)47-35(6,7)8)20-26(18-24)48-49(13,14)36(9,10)11/h2*15,17,19,26H,16,18,20-21H2,1-14H3,(H,37,38,39). The first-order valence-electron chi connectivity index (χ1n) is 33.6. The van der Waals surface area contributed by atoms with Gasteiger partial charge < -0.3 is 67.2 Å². The van der Waals surface area contributed by atoms with Crippen molar-refractivity contribution in [3.63, 3.8) is 0 Å². The summed E-state index contributed by atoms with van der Waals surface area (Å²) in [6.45, 7) is 53.4. The monoisotopic (exact) mass is 1390 g/mol. The SMILES string of the molecule is Cc1cc(N(C)C(=O)OC(C)(C)C)cc(Nc2nc3c(c(C4=CCN(C(=O)OC(C)(C)C)CC(O[Si](C)(C)C(C)(C)C)C4)c2C)OCO3)n1.Cc1cc(N(C)C(=O)OC(C)(C)C)cc(Nc2nc3c(c(C4=CCN(C(=O)OC(C)(C)C)CC(O[Si](C)(C)C(C)(C)C)C4)c2C)OCO3)n1. The van der Waals surface area contributed by atoms with Gasteiger partial charge in [-0.15, -0.1) is 0 Å². The fraction of sp³-hybridized carbons (Fsp3) is 0.611.